The highest BCUT2D eigenvalue weighted by Gasteiger charge is 2.28. The Kier molecular flexibility index (Phi) is 13.1. The van der Waals surface area contributed by atoms with Gasteiger partial charge in [-0.3, -0.25) is 0 Å². The van der Waals surface area contributed by atoms with E-state index in [-0.39, 0.29) is 5.75 Å². The Morgan fingerprint density at radius 3 is 2.10 bits per heavy atom. The minimum absolute atomic E-state index is 0.0124. The van der Waals surface area contributed by atoms with Gasteiger partial charge >= 0.3 is 0 Å². The largest absolute Gasteiger partial charge is 0.490 e. The van der Waals surface area contributed by atoms with Crippen molar-refractivity contribution < 1.29 is 13.5 Å². The van der Waals surface area contributed by atoms with Gasteiger partial charge in [0.2, 0.25) is 5.82 Å². The van der Waals surface area contributed by atoms with Crippen LogP contribution in [0, 0.1) is 34.3 Å². The van der Waals surface area contributed by atoms with Gasteiger partial charge in [-0.05, 0) is 102 Å². The Hall–Kier alpha value is -1.55. The number of thioether (sulfide) groups is 1. The highest BCUT2D eigenvalue weighted by atomic mass is 32.2. The standard InChI is InChI=1S/C37H56F2OS/c1-27-12-14-28(15-13-27)29-16-18-30(19-17-29)32-20-21-33(35(39)34(32)38)40-23-10-8-9-11-24-41-25-22-31(37(5,6)7)26-36(2,3)4/h16-21,27-28,31H,8-15,22-26H2,1-7H3. The van der Waals surface area contributed by atoms with Gasteiger partial charge in [0.05, 0.1) is 6.61 Å². The molecule has 0 radical (unpaired) electrons. The molecule has 1 atom stereocenters. The number of benzene rings is 2. The van der Waals surface area contributed by atoms with Crippen LogP contribution in [0.5, 0.6) is 5.75 Å². The van der Waals surface area contributed by atoms with E-state index in [9.17, 15) is 8.78 Å². The molecule has 0 spiro atoms. The van der Waals surface area contributed by atoms with Gasteiger partial charge in [0.1, 0.15) is 0 Å². The van der Waals surface area contributed by atoms with Gasteiger partial charge in [0.15, 0.2) is 11.6 Å². The van der Waals surface area contributed by atoms with Crippen LogP contribution in [0.4, 0.5) is 8.78 Å². The zero-order valence-corrected chi connectivity index (χ0v) is 27.8. The van der Waals surface area contributed by atoms with Crippen molar-refractivity contribution in [2.24, 2.45) is 22.7 Å². The number of hydrogen-bond donors (Lipinski definition) is 0. The molecular formula is C37H56F2OS. The molecule has 1 saturated carbocycles. The number of ether oxygens (including phenoxy) is 1. The molecule has 4 heteroatoms. The number of hydrogen-bond acceptors (Lipinski definition) is 2. The van der Waals surface area contributed by atoms with Crippen molar-refractivity contribution in [3.05, 3.63) is 53.6 Å². The minimum atomic E-state index is -0.885. The molecule has 0 aliphatic heterocycles. The SMILES string of the molecule is CC1CCC(c2ccc(-c3ccc(OCCCCCCSCCC(CC(C)(C)C)C(C)(C)C)c(F)c3F)cc2)CC1. The van der Waals surface area contributed by atoms with Crippen molar-refractivity contribution in [3.8, 4) is 16.9 Å². The summed E-state index contributed by atoms with van der Waals surface area (Å²) >= 11 is 2.07. The predicted octanol–water partition coefficient (Wildman–Crippen LogP) is 12.1. The summed E-state index contributed by atoms with van der Waals surface area (Å²) in [7, 11) is 0. The van der Waals surface area contributed by atoms with E-state index in [0.717, 1.165) is 31.1 Å². The van der Waals surface area contributed by atoms with Crippen LogP contribution in [0.2, 0.25) is 0 Å². The van der Waals surface area contributed by atoms with Crippen LogP contribution in [-0.2, 0) is 0 Å². The van der Waals surface area contributed by atoms with Crippen molar-refractivity contribution in [1.82, 2.24) is 0 Å². The molecule has 0 N–H and O–H groups in total. The van der Waals surface area contributed by atoms with Gasteiger partial charge in [-0.25, -0.2) is 4.39 Å². The molecule has 0 heterocycles. The molecule has 230 valence electrons. The minimum Gasteiger partial charge on any atom is -0.490 e. The normalized spacial score (nSPS) is 18.9. The van der Waals surface area contributed by atoms with Crippen LogP contribution >= 0.6 is 11.8 Å². The quantitative estimate of drug-likeness (QED) is 0.204. The van der Waals surface area contributed by atoms with Crippen LogP contribution in [0.3, 0.4) is 0 Å². The van der Waals surface area contributed by atoms with Gasteiger partial charge in [-0.1, -0.05) is 98.4 Å². The Labute approximate surface area is 254 Å². The first-order valence-electron chi connectivity index (χ1n) is 16.1. The van der Waals surface area contributed by atoms with E-state index < -0.39 is 11.6 Å². The van der Waals surface area contributed by atoms with Crippen LogP contribution in [-0.4, -0.2) is 18.1 Å². The van der Waals surface area contributed by atoms with Crippen LogP contribution in [0.25, 0.3) is 11.1 Å². The third-order valence-electron chi connectivity index (χ3n) is 8.89. The average Bonchev–Trinajstić information content (AvgIpc) is 2.91. The van der Waals surface area contributed by atoms with E-state index in [1.54, 1.807) is 12.1 Å². The van der Waals surface area contributed by atoms with Crippen molar-refractivity contribution in [1.29, 1.82) is 0 Å². The van der Waals surface area contributed by atoms with Gasteiger partial charge < -0.3 is 4.74 Å². The highest BCUT2D eigenvalue weighted by Crippen LogP contribution is 2.39. The Balaban J connectivity index is 1.34. The Bertz CT molecular complexity index is 1040. The van der Waals surface area contributed by atoms with E-state index in [4.69, 9.17) is 4.74 Å². The van der Waals surface area contributed by atoms with E-state index in [1.165, 1.54) is 62.0 Å². The molecular weight excluding hydrogens is 530 g/mol. The zero-order chi connectivity index (χ0) is 30.0. The van der Waals surface area contributed by atoms with E-state index in [1.807, 2.05) is 12.1 Å². The maximum atomic E-state index is 15.0. The maximum absolute atomic E-state index is 15.0. The molecule has 0 saturated heterocycles. The van der Waals surface area contributed by atoms with Crippen molar-refractivity contribution in [2.75, 3.05) is 18.1 Å². The van der Waals surface area contributed by atoms with Crippen LogP contribution < -0.4 is 4.74 Å². The van der Waals surface area contributed by atoms with Crippen molar-refractivity contribution in [2.45, 2.75) is 119 Å². The lowest BCUT2D eigenvalue weighted by Crippen LogP contribution is -2.26. The monoisotopic (exact) mass is 586 g/mol. The Morgan fingerprint density at radius 1 is 0.805 bits per heavy atom. The number of unbranched alkanes of at least 4 members (excludes halogenated alkanes) is 3. The summed E-state index contributed by atoms with van der Waals surface area (Å²) in [6.07, 6.45) is 11.8. The molecule has 0 amide bonds. The summed E-state index contributed by atoms with van der Waals surface area (Å²) in [5, 5.41) is 0. The fourth-order valence-corrected chi connectivity index (χ4v) is 7.21. The van der Waals surface area contributed by atoms with Crippen LogP contribution in [0.1, 0.15) is 124 Å². The molecule has 1 unspecified atom stereocenters. The summed E-state index contributed by atoms with van der Waals surface area (Å²) in [5.41, 5.74) is 3.05. The van der Waals surface area contributed by atoms with Crippen LogP contribution in [0.15, 0.2) is 36.4 Å². The second-order valence-corrected chi connectivity index (χ2v) is 16.0. The van der Waals surface area contributed by atoms with Gasteiger partial charge in [-0.2, -0.15) is 16.2 Å². The van der Waals surface area contributed by atoms with E-state index in [2.05, 4.69) is 72.4 Å². The fraction of sp³-hybridized carbons (Fsp3) is 0.676. The summed E-state index contributed by atoms with van der Waals surface area (Å²) in [4.78, 5) is 0. The third-order valence-corrected chi connectivity index (χ3v) is 9.99. The van der Waals surface area contributed by atoms with E-state index in [0.29, 0.717) is 34.5 Å². The average molecular weight is 587 g/mol. The first-order chi connectivity index (χ1) is 19.3. The predicted molar refractivity (Wildman–Crippen MR) is 175 cm³/mol. The summed E-state index contributed by atoms with van der Waals surface area (Å²) in [6, 6.07) is 11.3. The van der Waals surface area contributed by atoms with Crippen molar-refractivity contribution in [3.63, 3.8) is 0 Å². The lowest BCUT2D eigenvalue weighted by atomic mass is 9.71. The molecule has 0 aromatic heterocycles. The maximum Gasteiger partial charge on any atom is 0.201 e. The molecule has 1 aliphatic carbocycles. The molecule has 2 aromatic carbocycles. The van der Waals surface area contributed by atoms with E-state index >= 15 is 0 Å². The second-order valence-electron chi connectivity index (χ2n) is 14.8. The summed E-state index contributed by atoms with van der Waals surface area (Å²) in [6.45, 7) is 16.9. The highest BCUT2D eigenvalue weighted by molar-refractivity contribution is 7.99. The molecule has 0 bridgehead atoms. The number of rotatable bonds is 14. The lowest BCUT2D eigenvalue weighted by Gasteiger charge is -2.35. The Morgan fingerprint density at radius 2 is 1.46 bits per heavy atom. The topological polar surface area (TPSA) is 9.23 Å². The smallest absolute Gasteiger partial charge is 0.201 e. The van der Waals surface area contributed by atoms with Gasteiger partial charge in [0.25, 0.3) is 0 Å². The molecule has 1 nitrogen and oxygen atoms in total. The third kappa shape index (κ3) is 11.2. The first-order valence-corrected chi connectivity index (χ1v) is 17.3. The molecule has 1 fully saturated rings. The summed E-state index contributed by atoms with van der Waals surface area (Å²) < 4.78 is 35.4. The molecule has 2 aromatic rings. The first kappa shape index (κ1) is 33.9. The zero-order valence-electron chi connectivity index (χ0n) is 27.0. The molecule has 41 heavy (non-hydrogen) atoms. The summed E-state index contributed by atoms with van der Waals surface area (Å²) in [5.74, 6) is 2.87. The second kappa shape index (κ2) is 15.8. The fourth-order valence-electron chi connectivity index (χ4n) is 6.14. The lowest BCUT2D eigenvalue weighted by molar-refractivity contribution is 0.161. The van der Waals surface area contributed by atoms with Gasteiger partial charge in [-0.15, -0.1) is 0 Å². The van der Waals surface area contributed by atoms with Crippen molar-refractivity contribution >= 4 is 11.8 Å². The molecule has 1 aliphatic rings. The number of halogens is 2. The molecule has 3 rings (SSSR count). The van der Waals surface area contributed by atoms with Gasteiger partial charge in [0, 0.05) is 5.56 Å².